The third-order valence-electron chi connectivity index (χ3n) is 5.41. The number of rotatable bonds is 6. The monoisotopic (exact) mass is 560 g/mol. The second-order valence-electron chi connectivity index (χ2n) is 7.75. The first-order valence-corrected chi connectivity index (χ1v) is 14.1. The molecule has 3 aromatic rings. The second kappa shape index (κ2) is 10.3. The molecular weight excluding hydrogens is 532 g/mol. The maximum absolute atomic E-state index is 12.0. The summed E-state index contributed by atoms with van der Waals surface area (Å²) >= 11 is -6.10. The molecule has 1 atom stereocenters. The van der Waals surface area contributed by atoms with Gasteiger partial charge in [0, 0.05) is 0 Å². The van der Waals surface area contributed by atoms with Crippen LogP contribution in [0.4, 0.5) is 17.1 Å². The molecule has 11 heteroatoms. The molecular formula is C24H26MoN6O4. The number of aliphatic imine (C=N–C) groups is 2. The van der Waals surface area contributed by atoms with Crippen molar-refractivity contribution < 1.29 is 30.8 Å². The first-order chi connectivity index (χ1) is 16.7. The fourth-order valence-corrected chi connectivity index (χ4v) is 4.41. The summed E-state index contributed by atoms with van der Waals surface area (Å²) in [6.45, 7) is 0. The molecule has 0 spiro atoms. The molecule has 0 fully saturated rings. The van der Waals surface area contributed by atoms with Crippen LogP contribution < -0.4 is 14.7 Å². The van der Waals surface area contributed by atoms with Crippen LogP contribution >= 0.6 is 0 Å². The summed E-state index contributed by atoms with van der Waals surface area (Å²) in [5.41, 5.74) is 2.33. The molecule has 0 saturated heterocycles. The Kier molecular flexibility index (Phi) is 7.25. The van der Waals surface area contributed by atoms with E-state index in [9.17, 15) is 10.6 Å². The van der Waals surface area contributed by atoms with Crippen molar-refractivity contribution >= 4 is 29.0 Å². The van der Waals surface area contributed by atoms with Gasteiger partial charge in [-0.1, -0.05) is 0 Å². The van der Waals surface area contributed by atoms with E-state index in [1.807, 2.05) is 98.0 Å². The van der Waals surface area contributed by atoms with Crippen molar-refractivity contribution in [3.63, 3.8) is 0 Å². The van der Waals surface area contributed by atoms with E-state index in [1.54, 1.807) is 28.8 Å². The molecule has 3 aromatic carbocycles. The SMILES string of the molecule is CN(C1=NC(N(C)c2ccccc2)N([O][Mo](=[O])(=[O])[OH])C(N(C)c2ccccc2)=N1)c1ccccc1. The molecule has 1 aliphatic rings. The Morgan fingerprint density at radius 3 is 1.71 bits per heavy atom. The van der Waals surface area contributed by atoms with Crippen LogP contribution in [0, 0.1) is 0 Å². The average molecular weight is 558 g/mol. The Bertz CT molecular complexity index is 1300. The number of anilines is 3. The van der Waals surface area contributed by atoms with Gasteiger partial charge in [0.1, 0.15) is 0 Å². The molecule has 0 bridgehead atoms. The molecule has 10 nitrogen and oxygen atoms in total. The summed E-state index contributed by atoms with van der Waals surface area (Å²) in [7, 11) is 5.31. The van der Waals surface area contributed by atoms with Crippen LogP contribution in [-0.4, -0.2) is 48.2 Å². The van der Waals surface area contributed by atoms with Crippen molar-refractivity contribution in [2.24, 2.45) is 9.98 Å². The third-order valence-corrected chi connectivity index (χ3v) is 6.27. The number of guanidine groups is 2. The Morgan fingerprint density at radius 1 is 0.771 bits per heavy atom. The van der Waals surface area contributed by atoms with Crippen LogP contribution in [0.25, 0.3) is 0 Å². The van der Waals surface area contributed by atoms with Gasteiger partial charge < -0.3 is 0 Å². The van der Waals surface area contributed by atoms with E-state index < -0.39 is 23.0 Å². The van der Waals surface area contributed by atoms with Gasteiger partial charge in [0.05, 0.1) is 0 Å². The standard InChI is InChI=1S/C24H25N6O.Mo.H2O.2O/c1-27(19-13-7-4-8-14-19)22-25-23(28(2)20-15-9-5-10-16-20)30(31)24(26-22)29(3)21-17-11-6-12-18-21;;;;/h4-18,23H,1-3H3;;1H2;;/q-1;+2;;;/p-1. The van der Waals surface area contributed by atoms with E-state index in [4.69, 9.17) is 8.48 Å². The number of nitrogens with zero attached hydrogens (tertiary/aromatic N) is 6. The fraction of sp³-hybridized carbons (Fsp3) is 0.167. The number of hydrogen-bond donors (Lipinski definition) is 1. The molecule has 0 aliphatic carbocycles. The topological polar surface area (TPSA) is 101 Å². The summed E-state index contributed by atoms with van der Waals surface area (Å²) in [4.78, 5) is 14.6. The van der Waals surface area contributed by atoms with Gasteiger partial charge in [-0.25, -0.2) is 0 Å². The molecule has 182 valence electrons. The Balaban J connectivity index is 1.85. The van der Waals surface area contributed by atoms with Gasteiger partial charge in [-0.3, -0.25) is 0 Å². The van der Waals surface area contributed by atoms with Crippen molar-refractivity contribution in [1.29, 1.82) is 0 Å². The van der Waals surface area contributed by atoms with Gasteiger partial charge in [0.2, 0.25) is 0 Å². The van der Waals surface area contributed by atoms with E-state index in [-0.39, 0.29) is 5.96 Å². The third kappa shape index (κ3) is 5.74. The number of benzene rings is 3. The molecule has 0 amide bonds. The Labute approximate surface area is 207 Å². The zero-order valence-electron chi connectivity index (χ0n) is 19.5. The molecule has 1 aliphatic heterocycles. The van der Waals surface area contributed by atoms with Crippen LogP contribution in [-0.2, 0) is 27.0 Å². The molecule has 1 N–H and O–H groups in total. The van der Waals surface area contributed by atoms with E-state index in [0.717, 1.165) is 22.1 Å². The van der Waals surface area contributed by atoms with E-state index in [2.05, 4.69) is 4.99 Å². The summed E-state index contributed by atoms with van der Waals surface area (Å²) in [5, 5.41) is 1.02. The zero-order chi connectivity index (χ0) is 25.0. The van der Waals surface area contributed by atoms with E-state index in [1.165, 1.54) is 0 Å². The van der Waals surface area contributed by atoms with Crippen molar-refractivity contribution in [3.8, 4) is 0 Å². The zero-order valence-corrected chi connectivity index (χ0v) is 21.5. The maximum atomic E-state index is 12.0. The number of hydroxylamine groups is 2. The number of para-hydroxylation sites is 3. The first kappa shape index (κ1) is 24.5. The van der Waals surface area contributed by atoms with Gasteiger partial charge in [-0.2, -0.15) is 0 Å². The quantitative estimate of drug-likeness (QED) is 0.460. The minimum atomic E-state index is -6.10. The average Bonchev–Trinajstić information content (AvgIpc) is 2.88. The first-order valence-electron chi connectivity index (χ1n) is 10.7. The molecule has 35 heavy (non-hydrogen) atoms. The summed E-state index contributed by atoms with van der Waals surface area (Å²) in [6.07, 6.45) is -1.00. The molecule has 0 radical (unpaired) electrons. The van der Waals surface area contributed by atoms with Crippen LogP contribution in [0.15, 0.2) is 101 Å². The predicted molar refractivity (Wildman–Crippen MR) is 130 cm³/mol. The molecule has 1 heterocycles. The normalized spacial score (nSPS) is 15.8. The Morgan fingerprint density at radius 2 is 1.23 bits per heavy atom. The molecule has 0 aromatic heterocycles. The van der Waals surface area contributed by atoms with Gasteiger partial charge in [0.15, 0.2) is 0 Å². The molecule has 4 rings (SSSR count). The van der Waals surface area contributed by atoms with Crippen molar-refractivity contribution in [2.75, 3.05) is 35.8 Å². The summed E-state index contributed by atoms with van der Waals surface area (Å²) in [6, 6.07) is 28.2. The predicted octanol–water partition coefficient (Wildman–Crippen LogP) is 3.31. The minimum absolute atomic E-state index is 0.133. The van der Waals surface area contributed by atoms with Crippen molar-refractivity contribution in [3.05, 3.63) is 91.0 Å². The van der Waals surface area contributed by atoms with Crippen LogP contribution in [0.3, 0.4) is 0 Å². The summed E-state index contributed by atoms with van der Waals surface area (Å²) < 4.78 is 38.9. The van der Waals surface area contributed by atoms with Crippen LogP contribution in [0.1, 0.15) is 0 Å². The van der Waals surface area contributed by atoms with Crippen LogP contribution in [0.5, 0.6) is 0 Å². The number of hydrogen-bond acceptors (Lipinski definition) is 9. The van der Waals surface area contributed by atoms with Gasteiger partial charge in [0.25, 0.3) is 0 Å². The van der Waals surface area contributed by atoms with Gasteiger partial charge in [-0.05, 0) is 0 Å². The van der Waals surface area contributed by atoms with E-state index >= 15 is 0 Å². The van der Waals surface area contributed by atoms with Gasteiger partial charge in [-0.15, -0.1) is 0 Å². The van der Waals surface area contributed by atoms with Gasteiger partial charge >= 0.3 is 208 Å². The fourth-order valence-electron chi connectivity index (χ4n) is 3.56. The molecule has 0 saturated carbocycles. The second-order valence-corrected chi connectivity index (χ2v) is 10.2. The van der Waals surface area contributed by atoms with E-state index in [0.29, 0.717) is 5.96 Å². The summed E-state index contributed by atoms with van der Waals surface area (Å²) in [5.74, 6) is 0.461. The van der Waals surface area contributed by atoms with Crippen LogP contribution in [0.2, 0.25) is 0 Å². The van der Waals surface area contributed by atoms with Crippen molar-refractivity contribution in [2.45, 2.75) is 6.29 Å². The van der Waals surface area contributed by atoms with Crippen molar-refractivity contribution in [1.82, 2.24) is 5.06 Å². The molecule has 1 unspecified atom stereocenters. The Hall–Kier alpha value is -3.59.